The highest BCUT2D eigenvalue weighted by molar-refractivity contribution is 6.31. The summed E-state index contributed by atoms with van der Waals surface area (Å²) < 4.78 is 24.8. The van der Waals surface area contributed by atoms with Crippen LogP contribution in [0.2, 0.25) is 5.02 Å². The Morgan fingerprint density at radius 2 is 2.15 bits per heavy atom. The van der Waals surface area contributed by atoms with Crippen molar-refractivity contribution >= 4 is 23.0 Å². The van der Waals surface area contributed by atoms with E-state index in [-0.39, 0.29) is 22.7 Å². The molecule has 3 rings (SSSR count). The predicted octanol–water partition coefficient (Wildman–Crippen LogP) is 3.23. The molecule has 1 unspecified atom stereocenters. The number of methoxy groups -OCH3 is 1. The average Bonchev–Trinajstić information content (AvgIpc) is 3.04. The van der Waals surface area contributed by atoms with Crippen molar-refractivity contribution in [2.75, 3.05) is 32.6 Å². The summed E-state index contributed by atoms with van der Waals surface area (Å²) in [5.74, 6) is 0.740. The molecule has 0 saturated carbocycles. The number of likely N-dealkylation sites (N-methyl/N-ethyl adjacent to an activating group) is 1. The molecule has 0 amide bonds. The lowest BCUT2D eigenvalue weighted by atomic mass is 10.0. The number of ether oxygens (including phenoxy) is 2. The lowest BCUT2D eigenvalue weighted by Crippen LogP contribution is -2.22. The van der Waals surface area contributed by atoms with Crippen molar-refractivity contribution in [1.82, 2.24) is 4.90 Å². The van der Waals surface area contributed by atoms with Gasteiger partial charge in [-0.25, -0.2) is 4.39 Å². The number of anilines is 1. The number of nitrogens with zero attached hydrogens (tertiary/aromatic N) is 1. The molecule has 0 spiro atoms. The van der Waals surface area contributed by atoms with Gasteiger partial charge in [-0.15, -0.1) is 0 Å². The highest BCUT2D eigenvalue weighted by atomic mass is 35.5. The molecule has 1 aliphatic carbocycles. The first kappa shape index (κ1) is 19.3. The standard InChI is InChI=1S/C19H22ClFN4O2/c1-25-6-5-12(10-25)27-18-8-13(16(22)9-17(18)26-2)19(23)24-11-3-4-15(21)14(20)7-11/h3-4,7-9,12,22,24H,5-6,10,23H2,1-2H3/b19-13+,22-16?. The normalized spacial score (nSPS) is 22.2. The van der Waals surface area contributed by atoms with Gasteiger partial charge in [0.2, 0.25) is 0 Å². The summed E-state index contributed by atoms with van der Waals surface area (Å²) in [6, 6.07) is 4.20. The van der Waals surface area contributed by atoms with Crippen LogP contribution >= 0.6 is 11.6 Å². The summed E-state index contributed by atoms with van der Waals surface area (Å²) in [6.45, 7) is 1.80. The number of likely N-dealkylation sites (tertiary alicyclic amines) is 1. The smallest absolute Gasteiger partial charge is 0.162 e. The van der Waals surface area contributed by atoms with Gasteiger partial charge in [0.05, 0.1) is 17.8 Å². The molecular formula is C19H22ClFN4O2. The number of benzene rings is 1. The zero-order chi connectivity index (χ0) is 19.6. The van der Waals surface area contributed by atoms with Crippen molar-refractivity contribution in [2.24, 2.45) is 5.73 Å². The fourth-order valence-corrected chi connectivity index (χ4v) is 3.18. The van der Waals surface area contributed by atoms with Crippen LogP contribution in [0, 0.1) is 11.2 Å². The Hall–Kier alpha value is -2.51. The second-order valence-electron chi connectivity index (χ2n) is 6.51. The quantitative estimate of drug-likeness (QED) is 0.716. The molecular weight excluding hydrogens is 371 g/mol. The minimum atomic E-state index is -0.511. The molecule has 1 aliphatic heterocycles. The first-order valence-electron chi connectivity index (χ1n) is 8.51. The molecule has 6 nitrogen and oxygen atoms in total. The van der Waals surface area contributed by atoms with E-state index < -0.39 is 5.82 Å². The van der Waals surface area contributed by atoms with Gasteiger partial charge >= 0.3 is 0 Å². The topological polar surface area (TPSA) is 83.6 Å². The van der Waals surface area contributed by atoms with E-state index in [1.165, 1.54) is 25.3 Å². The first-order chi connectivity index (χ1) is 12.9. The van der Waals surface area contributed by atoms with E-state index in [4.69, 9.17) is 32.2 Å². The lowest BCUT2D eigenvalue weighted by molar-refractivity contribution is 0.108. The summed E-state index contributed by atoms with van der Waals surface area (Å²) in [4.78, 5) is 2.19. The Bertz CT molecular complexity index is 850. The Morgan fingerprint density at radius 1 is 1.37 bits per heavy atom. The van der Waals surface area contributed by atoms with Gasteiger partial charge in [-0.2, -0.15) is 0 Å². The summed E-state index contributed by atoms with van der Waals surface area (Å²) in [6.07, 6.45) is 4.23. The van der Waals surface area contributed by atoms with Crippen LogP contribution in [0.5, 0.6) is 0 Å². The van der Waals surface area contributed by atoms with Crippen LogP contribution in [0.15, 0.2) is 53.3 Å². The number of halogens is 2. The highest BCUT2D eigenvalue weighted by Crippen LogP contribution is 2.27. The third kappa shape index (κ3) is 4.43. The maximum atomic E-state index is 13.3. The first-order valence-corrected chi connectivity index (χ1v) is 8.89. The SMILES string of the molecule is COC1=CC(=N)/C(=C(\N)Nc2ccc(F)c(Cl)c2)C=C1OC1CCN(C)C1. The van der Waals surface area contributed by atoms with Gasteiger partial charge in [-0.1, -0.05) is 11.6 Å². The minimum Gasteiger partial charge on any atom is -0.493 e. The Kier molecular flexibility index (Phi) is 5.72. The molecule has 0 bridgehead atoms. The molecule has 2 aliphatic rings. The van der Waals surface area contributed by atoms with Gasteiger partial charge in [0.15, 0.2) is 11.5 Å². The van der Waals surface area contributed by atoms with Gasteiger partial charge in [0, 0.05) is 30.4 Å². The second kappa shape index (κ2) is 8.02. The van der Waals surface area contributed by atoms with Gasteiger partial charge in [-0.05, 0) is 37.7 Å². The van der Waals surface area contributed by atoms with E-state index in [0.29, 0.717) is 22.8 Å². The van der Waals surface area contributed by atoms with Crippen molar-refractivity contribution in [2.45, 2.75) is 12.5 Å². The van der Waals surface area contributed by atoms with Crippen LogP contribution in [-0.2, 0) is 9.47 Å². The van der Waals surface area contributed by atoms with Crippen LogP contribution in [0.3, 0.4) is 0 Å². The Morgan fingerprint density at radius 3 is 2.78 bits per heavy atom. The fraction of sp³-hybridized carbons (Fsp3) is 0.316. The van der Waals surface area contributed by atoms with Gasteiger partial charge < -0.3 is 25.4 Å². The molecule has 1 saturated heterocycles. The highest BCUT2D eigenvalue weighted by Gasteiger charge is 2.26. The fourth-order valence-electron chi connectivity index (χ4n) is 3.00. The zero-order valence-electron chi connectivity index (χ0n) is 15.2. The van der Waals surface area contributed by atoms with Crippen LogP contribution in [0.25, 0.3) is 0 Å². The van der Waals surface area contributed by atoms with E-state index in [1.54, 1.807) is 12.2 Å². The van der Waals surface area contributed by atoms with Gasteiger partial charge in [0.25, 0.3) is 0 Å². The van der Waals surface area contributed by atoms with E-state index in [1.807, 2.05) is 7.05 Å². The van der Waals surface area contributed by atoms with Gasteiger partial charge in [-0.3, -0.25) is 5.41 Å². The number of rotatable bonds is 5. The number of nitrogens with one attached hydrogen (secondary N) is 2. The molecule has 4 N–H and O–H groups in total. The molecule has 1 atom stereocenters. The Balaban J connectivity index is 1.85. The van der Waals surface area contributed by atoms with E-state index >= 15 is 0 Å². The molecule has 1 fully saturated rings. The third-order valence-electron chi connectivity index (χ3n) is 4.43. The van der Waals surface area contributed by atoms with Crippen LogP contribution < -0.4 is 11.1 Å². The van der Waals surface area contributed by atoms with E-state index in [0.717, 1.165) is 19.5 Å². The number of hydrogen-bond acceptors (Lipinski definition) is 6. The van der Waals surface area contributed by atoms with Crippen molar-refractivity contribution in [1.29, 1.82) is 5.41 Å². The molecule has 1 aromatic carbocycles. The molecule has 1 heterocycles. The maximum absolute atomic E-state index is 13.3. The van der Waals surface area contributed by atoms with Crippen molar-refractivity contribution in [3.8, 4) is 0 Å². The van der Waals surface area contributed by atoms with Crippen LogP contribution in [-0.4, -0.2) is 44.0 Å². The van der Waals surface area contributed by atoms with Crippen molar-refractivity contribution in [3.05, 3.63) is 64.1 Å². The largest absolute Gasteiger partial charge is 0.493 e. The molecule has 8 heteroatoms. The monoisotopic (exact) mass is 392 g/mol. The number of hydrogen-bond donors (Lipinski definition) is 3. The molecule has 27 heavy (non-hydrogen) atoms. The minimum absolute atomic E-state index is 0.0111. The molecule has 144 valence electrons. The predicted molar refractivity (Wildman–Crippen MR) is 104 cm³/mol. The summed E-state index contributed by atoms with van der Waals surface area (Å²) >= 11 is 5.80. The Labute approximate surface area is 162 Å². The van der Waals surface area contributed by atoms with Crippen LogP contribution in [0.4, 0.5) is 10.1 Å². The molecule has 0 radical (unpaired) electrons. The summed E-state index contributed by atoms with van der Waals surface area (Å²) in [5, 5.41) is 11.2. The number of allylic oxidation sites excluding steroid dienone is 3. The summed E-state index contributed by atoms with van der Waals surface area (Å²) in [7, 11) is 3.58. The second-order valence-corrected chi connectivity index (χ2v) is 6.91. The average molecular weight is 393 g/mol. The lowest BCUT2D eigenvalue weighted by Gasteiger charge is -2.22. The molecule has 0 aromatic heterocycles. The van der Waals surface area contributed by atoms with Crippen molar-refractivity contribution in [3.63, 3.8) is 0 Å². The molecule has 1 aromatic rings. The van der Waals surface area contributed by atoms with E-state index in [9.17, 15) is 4.39 Å². The zero-order valence-corrected chi connectivity index (χ0v) is 15.9. The maximum Gasteiger partial charge on any atom is 0.162 e. The van der Waals surface area contributed by atoms with E-state index in [2.05, 4.69) is 10.2 Å². The van der Waals surface area contributed by atoms with Gasteiger partial charge in [0.1, 0.15) is 17.7 Å². The van der Waals surface area contributed by atoms with Crippen LogP contribution in [0.1, 0.15) is 6.42 Å². The number of nitrogens with two attached hydrogens (primary N) is 1. The summed E-state index contributed by atoms with van der Waals surface area (Å²) in [5.41, 5.74) is 7.31. The van der Waals surface area contributed by atoms with Crippen molar-refractivity contribution < 1.29 is 13.9 Å². The third-order valence-corrected chi connectivity index (χ3v) is 4.72.